The minimum absolute atomic E-state index is 0.0338. The molecule has 1 aliphatic heterocycles. The lowest BCUT2D eigenvalue weighted by Crippen LogP contribution is -2.17. The normalized spacial score (nSPS) is 12.4. The van der Waals surface area contributed by atoms with Gasteiger partial charge in [-0.25, -0.2) is 4.79 Å². The van der Waals surface area contributed by atoms with Crippen LogP contribution in [0.3, 0.4) is 0 Å². The highest BCUT2D eigenvalue weighted by molar-refractivity contribution is 6.32. The number of ketones is 1. The number of benzene rings is 2. The van der Waals surface area contributed by atoms with E-state index in [1.165, 1.54) is 6.92 Å². The van der Waals surface area contributed by atoms with Crippen molar-refractivity contribution in [1.82, 2.24) is 0 Å². The van der Waals surface area contributed by atoms with Crippen molar-refractivity contribution in [2.45, 2.75) is 13.5 Å². The van der Waals surface area contributed by atoms with Gasteiger partial charge in [-0.05, 0) is 36.8 Å². The van der Waals surface area contributed by atoms with Crippen LogP contribution in [0.15, 0.2) is 36.4 Å². The molecule has 0 unspecified atom stereocenters. The molecule has 7 heteroatoms. The maximum Gasteiger partial charge on any atom is 0.344 e. The topological polar surface area (TPSA) is 71.1 Å². The van der Waals surface area contributed by atoms with E-state index < -0.39 is 5.97 Å². The molecule has 0 bridgehead atoms. The summed E-state index contributed by atoms with van der Waals surface area (Å²) >= 11 is 6.15. The number of halogens is 1. The Labute approximate surface area is 155 Å². The van der Waals surface area contributed by atoms with Crippen molar-refractivity contribution in [2.75, 3.05) is 19.8 Å². The van der Waals surface area contributed by atoms with Gasteiger partial charge >= 0.3 is 5.97 Å². The fourth-order valence-electron chi connectivity index (χ4n) is 2.40. The van der Waals surface area contributed by atoms with Crippen molar-refractivity contribution in [2.24, 2.45) is 0 Å². The fraction of sp³-hybridized carbons (Fsp3) is 0.263. The molecule has 0 atom stereocenters. The number of fused-ring (bicyclic) bond motifs is 1. The van der Waals surface area contributed by atoms with Gasteiger partial charge in [0.05, 0.1) is 5.02 Å². The summed E-state index contributed by atoms with van der Waals surface area (Å²) in [5, 5.41) is 0.408. The van der Waals surface area contributed by atoms with Crippen molar-refractivity contribution in [3.05, 3.63) is 52.5 Å². The zero-order valence-corrected chi connectivity index (χ0v) is 14.9. The van der Waals surface area contributed by atoms with Crippen LogP contribution in [-0.2, 0) is 16.1 Å². The number of hydrogen-bond acceptors (Lipinski definition) is 6. The van der Waals surface area contributed by atoms with Crippen LogP contribution in [0, 0.1) is 0 Å². The molecular formula is C19H17ClO6. The average Bonchev–Trinajstić information content (AvgIpc) is 2.65. The third-order valence-electron chi connectivity index (χ3n) is 3.65. The molecule has 0 radical (unpaired) electrons. The first-order valence-electron chi connectivity index (χ1n) is 8.00. The standard InChI is InChI=1S/C19H17ClO6/c1-12(21)14-3-2-4-15(9-14)25-11-18(22)26-10-13-7-16(20)19-17(8-13)23-5-6-24-19/h2-4,7-9H,5-6,10-11H2,1H3. The summed E-state index contributed by atoms with van der Waals surface area (Å²) in [6.45, 7) is 2.13. The smallest absolute Gasteiger partial charge is 0.344 e. The first-order chi connectivity index (χ1) is 12.5. The first-order valence-corrected chi connectivity index (χ1v) is 8.38. The van der Waals surface area contributed by atoms with Crippen LogP contribution in [0.1, 0.15) is 22.8 Å². The Kier molecular flexibility index (Phi) is 5.63. The second-order valence-electron chi connectivity index (χ2n) is 5.64. The van der Waals surface area contributed by atoms with Crippen molar-refractivity contribution in [3.8, 4) is 17.2 Å². The highest BCUT2D eigenvalue weighted by Gasteiger charge is 2.17. The summed E-state index contributed by atoms with van der Waals surface area (Å²) in [6, 6.07) is 10.0. The Morgan fingerprint density at radius 2 is 1.96 bits per heavy atom. The van der Waals surface area contributed by atoms with Gasteiger partial charge in [0.15, 0.2) is 23.9 Å². The van der Waals surface area contributed by atoms with Crippen LogP contribution in [-0.4, -0.2) is 31.6 Å². The van der Waals surface area contributed by atoms with E-state index in [9.17, 15) is 9.59 Å². The molecule has 136 valence electrons. The highest BCUT2D eigenvalue weighted by atomic mass is 35.5. The number of hydrogen-bond donors (Lipinski definition) is 0. The first kappa shape index (κ1) is 18.1. The van der Waals surface area contributed by atoms with Crippen molar-refractivity contribution >= 4 is 23.4 Å². The summed E-state index contributed by atoms with van der Waals surface area (Å²) in [7, 11) is 0. The Bertz CT molecular complexity index is 833. The Hall–Kier alpha value is -2.73. The molecule has 0 N–H and O–H groups in total. The van der Waals surface area contributed by atoms with Gasteiger partial charge in [-0.15, -0.1) is 0 Å². The Morgan fingerprint density at radius 3 is 2.77 bits per heavy atom. The zero-order chi connectivity index (χ0) is 18.5. The molecule has 0 aromatic heterocycles. The second-order valence-corrected chi connectivity index (χ2v) is 6.04. The molecule has 2 aromatic rings. The van der Waals surface area contributed by atoms with Gasteiger partial charge in [0, 0.05) is 5.56 Å². The molecule has 26 heavy (non-hydrogen) atoms. The van der Waals surface area contributed by atoms with Gasteiger partial charge in [0.1, 0.15) is 25.6 Å². The van der Waals surface area contributed by atoms with E-state index in [1.54, 1.807) is 36.4 Å². The maximum absolute atomic E-state index is 11.9. The summed E-state index contributed by atoms with van der Waals surface area (Å²) in [4.78, 5) is 23.2. The largest absolute Gasteiger partial charge is 0.486 e. The predicted molar refractivity (Wildman–Crippen MR) is 94.2 cm³/mol. The summed E-state index contributed by atoms with van der Waals surface area (Å²) in [6.07, 6.45) is 0. The molecule has 3 rings (SSSR count). The molecule has 0 fully saturated rings. The van der Waals surface area contributed by atoms with Crippen LogP contribution < -0.4 is 14.2 Å². The van der Waals surface area contributed by atoms with Crippen LogP contribution in [0.25, 0.3) is 0 Å². The van der Waals surface area contributed by atoms with Crippen LogP contribution in [0.5, 0.6) is 17.2 Å². The Morgan fingerprint density at radius 1 is 1.15 bits per heavy atom. The van der Waals surface area contributed by atoms with Gasteiger partial charge < -0.3 is 18.9 Å². The molecule has 6 nitrogen and oxygen atoms in total. The lowest BCUT2D eigenvalue weighted by molar-refractivity contribution is -0.147. The molecule has 1 heterocycles. The SMILES string of the molecule is CC(=O)c1cccc(OCC(=O)OCc2cc(Cl)c3c(c2)OCCO3)c1. The van der Waals surface area contributed by atoms with Gasteiger partial charge in [-0.3, -0.25) is 4.79 Å². The molecule has 2 aromatic carbocycles. The third kappa shape index (κ3) is 4.46. The highest BCUT2D eigenvalue weighted by Crippen LogP contribution is 2.38. The van der Waals surface area contributed by atoms with Gasteiger partial charge in [0.25, 0.3) is 0 Å². The van der Waals surface area contributed by atoms with E-state index in [2.05, 4.69) is 0 Å². The second kappa shape index (κ2) is 8.10. The fourth-order valence-corrected chi connectivity index (χ4v) is 2.69. The van der Waals surface area contributed by atoms with E-state index in [-0.39, 0.29) is 19.0 Å². The number of ether oxygens (including phenoxy) is 4. The summed E-state index contributed by atoms with van der Waals surface area (Å²) < 4.78 is 21.5. The average molecular weight is 377 g/mol. The predicted octanol–water partition coefficient (Wildman–Crippen LogP) is 3.44. The van der Waals surface area contributed by atoms with Crippen molar-refractivity contribution in [3.63, 3.8) is 0 Å². The Balaban J connectivity index is 1.54. The van der Waals surface area contributed by atoms with Crippen LogP contribution in [0.4, 0.5) is 0 Å². The summed E-state index contributed by atoms with van der Waals surface area (Å²) in [5.41, 5.74) is 1.20. The molecule has 1 aliphatic rings. The number of rotatable bonds is 6. The third-order valence-corrected chi connectivity index (χ3v) is 3.93. The van der Waals surface area contributed by atoms with Crippen molar-refractivity contribution in [1.29, 1.82) is 0 Å². The summed E-state index contributed by atoms with van der Waals surface area (Å²) in [5.74, 6) is 0.851. The minimum Gasteiger partial charge on any atom is -0.486 e. The zero-order valence-electron chi connectivity index (χ0n) is 14.1. The van der Waals surface area contributed by atoms with E-state index in [0.717, 1.165) is 0 Å². The number of carbonyl (C=O) groups is 2. The van der Waals surface area contributed by atoms with E-state index in [4.69, 9.17) is 30.5 Å². The lowest BCUT2D eigenvalue weighted by atomic mass is 10.1. The van der Waals surface area contributed by atoms with E-state index in [0.29, 0.717) is 46.6 Å². The lowest BCUT2D eigenvalue weighted by Gasteiger charge is -2.20. The molecular weight excluding hydrogens is 360 g/mol. The maximum atomic E-state index is 11.9. The molecule has 0 aliphatic carbocycles. The number of Topliss-reactive ketones (excluding diaryl/α,β-unsaturated/α-hetero) is 1. The quantitative estimate of drug-likeness (QED) is 0.568. The molecule has 0 spiro atoms. The molecule has 0 saturated heterocycles. The van der Waals surface area contributed by atoms with Gasteiger partial charge in [-0.2, -0.15) is 0 Å². The molecule has 0 saturated carbocycles. The van der Waals surface area contributed by atoms with Crippen LogP contribution in [0.2, 0.25) is 5.02 Å². The molecule has 0 amide bonds. The van der Waals surface area contributed by atoms with E-state index in [1.807, 2.05) is 0 Å². The van der Waals surface area contributed by atoms with Gasteiger partial charge in [0.2, 0.25) is 0 Å². The van der Waals surface area contributed by atoms with Crippen molar-refractivity contribution < 1.29 is 28.5 Å². The van der Waals surface area contributed by atoms with E-state index >= 15 is 0 Å². The number of esters is 1. The minimum atomic E-state index is -0.538. The van der Waals surface area contributed by atoms with Crippen LogP contribution >= 0.6 is 11.6 Å². The van der Waals surface area contributed by atoms with Gasteiger partial charge in [-0.1, -0.05) is 23.7 Å². The number of carbonyl (C=O) groups excluding carboxylic acids is 2. The monoisotopic (exact) mass is 376 g/mol.